The summed E-state index contributed by atoms with van der Waals surface area (Å²) in [6.45, 7) is 4.59. The van der Waals surface area contributed by atoms with Crippen LogP contribution in [-0.4, -0.2) is 42.5 Å². The third-order valence-corrected chi connectivity index (χ3v) is 2.54. The molecule has 0 aliphatic rings. The van der Waals surface area contributed by atoms with E-state index in [0.29, 0.717) is 18.7 Å². The molecule has 0 saturated carbocycles. The zero-order chi connectivity index (χ0) is 12.7. The number of anilines is 1. The van der Waals surface area contributed by atoms with Crippen molar-refractivity contribution in [2.75, 3.05) is 32.4 Å². The number of amides is 1. The smallest absolute Gasteiger partial charge is 0.226 e. The first-order valence-electron chi connectivity index (χ1n) is 5.77. The summed E-state index contributed by atoms with van der Waals surface area (Å²) in [5, 5.41) is 2.86. The molecule has 5 heteroatoms. The lowest BCUT2D eigenvalue weighted by Gasteiger charge is -2.13. The van der Waals surface area contributed by atoms with Gasteiger partial charge in [-0.15, -0.1) is 0 Å². The minimum absolute atomic E-state index is 0.00762. The maximum absolute atomic E-state index is 11.6. The molecule has 1 rings (SSSR count). The predicted molar refractivity (Wildman–Crippen MR) is 68.5 cm³/mol. The fourth-order valence-electron chi connectivity index (χ4n) is 1.31. The van der Waals surface area contributed by atoms with Crippen molar-refractivity contribution in [1.29, 1.82) is 0 Å². The van der Waals surface area contributed by atoms with E-state index in [2.05, 4.69) is 22.1 Å². The molecular formula is C12H20N4O. The van der Waals surface area contributed by atoms with Gasteiger partial charge in [-0.25, -0.2) is 0 Å². The number of hydrogen-bond acceptors (Lipinski definition) is 4. The topological polar surface area (TPSA) is 71.2 Å². The summed E-state index contributed by atoms with van der Waals surface area (Å²) in [6, 6.07) is 3.52. The summed E-state index contributed by atoms with van der Waals surface area (Å²) < 4.78 is 0. The van der Waals surface area contributed by atoms with Crippen molar-refractivity contribution in [2.45, 2.75) is 13.3 Å². The average molecular weight is 236 g/mol. The molecule has 0 radical (unpaired) electrons. The van der Waals surface area contributed by atoms with Crippen molar-refractivity contribution in [3.63, 3.8) is 0 Å². The van der Waals surface area contributed by atoms with Gasteiger partial charge in [0.2, 0.25) is 5.91 Å². The summed E-state index contributed by atoms with van der Waals surface area (Å²) in [5.74, 6) is -0.00762. The highest BCUT2D eigenvalue weighted by atomic mass is 16.1. The largest absolute Gasteiger partial charge is 0.397 e. The number of nitrogens with zero attached hydrogens (tertiary/aromatic N) is 2. The van der Waals surface area contributed by atoms with Crippen molar-refractivity contribution in [1.82, 2.24) is 15.2 Å². The molecular weight excluding hydrogens is 216 g/mol. The van der Waals surface area contributed by atoms with E-state index in [1.165, 1.54) is 0 Å². The summed E-state index contributed by atoms with van der Waals surface area (Å²) in [6.07, 6.45) is 1.86. The van der Waals surface area contributed by atoms with Gasteiger partial charge < -0.3 is 16.0 Å². The molecule has 17 heavy (non-hydrogen) atoms. The first kappa shape index (κ1) is 13.4. The Morgan fingerprint density at radius 3 is 2.88 bits per heavy atom. The van der Waals surface area contributed by atoms with Gasteiger partial charge in [0.05, 0.1) is 18.3 Å². The number of rotatable bonds is 6. The SMILES string of the molecule is CCN(C)CCNC(=O)Cc1ccc(N)cn1. The van der Waals surface area contributed by atoms with Gasteiger partial charge in [0.15, 0.2) is 0 Å². The number of hydrogen-bond donors (Lipinski definition) is 2. The van der Waals surface area contributed by atoms with Crippen molar-refractivity contribution in [3.8, 4) is 0 Å². The van der Waals surface area contributed by atoms with Crippen molar-refractivity contribution < 1.29 is 4.79 Å². The van der Waals surface area contributed by atoms with Crippen LogP contribution in [0.15, 0.2) is 18.3 Å². The molecule has 3 N–H and O–H groups in total. The molecule has 0 fully saturated rings. The normalized spacial score (nSPS) is 10.5. The second-order valence-electron chi connectivity index (χ2n) is 4.01. The molecule has 94 valence electrons. The number of nitrogens with one attached hydrogen (secondary N) is 1. The summed E-state index contributed by atoms with van der Waals surface area (Å²) in [5.41, 5.74) is 6.86. The second-order valence-corrected chi connectivity index (χ2v) is 4.01. The molecule has 0 aliphatic carbocycles. The van der Waals surface area contributed by atoms with E-state index in [-0.39, 0.29) is 5.91 Å². The lowest BCUT2D eigenvalue weighted by Crippen LogP contribution is -2.33. The second kappa shape index (κ2) is 6.85. The third-order valence-electron chi connectivity index (χ3n) is 2.54. The van der Waals surface area contributed by atoms with Gasteiger partial charge in [-0.05, 0) is 25.7 Å². The quantitative estimate of drug-likeness (QED) is 0.744. The molecule has 1 amide bonds. The van der Waals surface area contributed by atoms with E-state index in [0.717, 1.165) is 18.8 Å². The van der Waals surface area contributed by atoms with Crippen molar-refractivity contribution in [2.24, 2.45) is 0 Å². The average Bonchev–Trinajstić information content (AvgIpc) is 2.32. The number of pyridine rings is 1. The van der Waals surface area contributed by atoms with E-state index >= 15 is 0 Å². The summed E-state index contributed by atoms with van der Waals surface area (Å²) in [7, 11) is 2.02. The van der Waals surface area contributed by atoms with Crippen LogP contribution in [0.3, 0.4) is 0 Å². The van der Waals surface area contributed by atoms with E-state index in [1.54, 1.807) is 18.3 Å². The van der Waals surface area contributed by atoms with Gasteiger partial charge in [0, 0.05) is 18.8 Å². The third kappa shape index (κ3) is 5.31. The monoisotopic (exact) mass is 236 g/mol. The summed E-state index contributed by atoms with van der Waals surface area (Å²) >= 11 is 0. The number of carbonyl (C=O) groups is 1. The van der Waals surface area contributed by atoms with Gasteiger partial charge in [0.1, 0.15) is 0 Å². The summed E-state index contributed by atoms with van der Waals surface area (Å²) in [4.78, 5) is 17.8. The van der Waals surface area contributed by atoms with Crippen LogP contribution < -0.4 is 11.1 Å². The number of nitrogens with two attached hydrogens (primary N) is 1. The number of carbonyl (C=O) groups excluding carboxylic acids is 1. The van der Waals surface area contributed by atoms with Crippen LogP contribution in [-0.2, 0) is 11.2 Å². The molecule has 0 saturated heterocycles. The molecule has 1 aromatic rings. The van der Waals surface area contributed by atoms with Crippen LogP contribution in [0, 0.1) is 0 Å². The fourth-order valence-corrected chi connectivity index (χ4v) is 1.31. The van der Waals surface area contributed by atoms with E-state index in [1.807, 2.05) is 7.05 Å². The van der Waals surface area contributed by atoms with Crippen LogP contribution in [0.2, 0.25) is 0 Å². The van der Waals surface area contributed by atoms with Crippen LogP contribution in [0.5, 0.6) is 0 Å². The van der Waals surface area contributed by atoms with Crippen LogP contribution in [0.1, 0.15) is 12.6 Å². The van der Waals surface area contributed by atoms with E-state index in [9.17, 15) is 4.79 Å². The Morgan fingerprint density at radius 2 is 2.29 bits per heavy atom. The Morgan fingerprint density at radius 1 is 1.53 bits per heavy atom. The molecule has 0 unspecified atom stereocenters. The number of aromatic nitrogens is 1. The van der Waals surface area contributed by atoms with Crippen LogP contribution in [0.25, 0.3) is 0 Å². The Bertz CT molecular complexity index is 350. The molecule has 0 aromatic carbocycles. The Balaban J connectivity index is 2.27. The van der Waals surface area contributed by atoms with Gasteiger partial charge in [0.25, 0.3) is 0 Å². The Labute approximate surface area is 102 Å². The standard InChI is InChI=1S/C12H20N4O/c1-3-16(2)7-6-14-12(17)8-11-5-4-10(13)9-15-11/h4-5,9H,3,6-8,13H2,1-2H3,(H,14,17). The van der Waals surface area contributed by atoms with Crippen molar-refractivity contribution in [3.05, 3.63) is 24.0 Å². The van der Waals surface area contributed by atoms with Gasteiger partial charge in [-0.1, -0.05) is 6.92 Å². The van der Waals surface area contributed by atoms with Crippen LogP contribution in [0.4, 0.5) is 5.69 Å². The highest BCUT2D eigenvalue weighted by Crippen LogP contribution is 2.01. The Kier molecular flexibility index (Phi) is 5.42. The van der Waals surface area contributed by atoms with E-state index < -0.39 is 0 Å². The molecule has 0 bridgehead atoms. The zero-order valence-corrected chi connectivity index (χ0v) is 10.4. The first-order chi connectivity index (χ1) is 8.11. The predicted octanol–water partition coefficient (Wildman–Crippen LogP) is 0.274. The van der Waals surface area contributed by atoms with E-state index in [4.69, 9.17) is 5.73 Å². The van der Waals surface area contributed by atoms with Crippen molar-refractivity contribution >= 4 is 11.6 Å². The maximum Gasteiger partial charge on any atom is 0.226 e. The van der Waals surface area contributed by atoms with Gasteiger partial charge >= 0.3 is 0 Å². The Hall–Kier alpha value is -1.62. The fraction of sp³-hybridized carbons (Fsp3) is 0.500. The number of likely N-dealkylation sites (N-methyl/N-ethyl adjacent to an activating group) is 1. The van der Waals surface area contributed by atoms with Gasteiger partial charge in [-0.3, -0.25) is 9.78 Å². The molecule has 0 spiro atoms. The molecule has 0 atom stereocenters. The minimum atomic E-state index is -0.00762. The zero-order valence-electron chi connectivity index (χ0n) is 10.4. The number of nitrogen functional groups attached to an aromatic ring is 1. The molecule has 1 aromatic heterocycles. The van der Waals surface area contributed by atoms with Gasteiger partial charge in [-0.2, -0.15) is 0 Å². The molecule has 1 heterocycles. The minimum Gasteiger partial charge on any atom is -0.397 e. The highest BCUT2D eigenvalue weighted by Gasteiger charge is 2.04. The lowest BCUT2D eigenvalue weighted by molar-refractivity contribution is -0.120. The highest BCUT2D eigenvalue weighted by molar-refractivity contribution is 5.78. The molecule has 5 nitrogen and oxygen atoms in total. The first-order valence-corrected chi connectivity index (χ1v) is 5.77. The molecule has 0 aliphatic heterocycles. The lowest BCUT2D eigenvalue weighted by atomic mass is 10.2. The maximum atomic E-state index is 11.6. The van der Waals surface area contributed by atoms with Crippen LogP contribution >= 0.6 is 0 Å².